The van der Waals surface area contributed by atoms with Gasteiger partial charge in [0.15, 0.2) is 0 Å². The maximum Gasteiger partial charge on any atom is 0.278 e. The van der Waals surface area contributed by atoms with Gasteiger partial charge in [0.1, 0.15) is 0 Å². The number of nitrogens with zero attached hydrogens (tertiary/aromatic N) is 3. The summed E-state index contributed by atoms with van der Waals surface area (Å²) < 4.78 is 31.6. The molecule has 0 atom stereocenters. The summed E-state index contributed by atoms with van der Waals surface area (Å²) in [5, 5.41) is 3.86. The van der Waals surface area contributed by atoms with Gasteiger partial charge in [-0.25, -0.2) is 4.72 Å². The van der Waals surface area contributed by atoms with Crippen molar-refractivity contribution in [1.82, 2.24) is 19.2 Å². The Labute approximate surface area is 117 Å². The van der Waals surface area contributed by atoms with Crippen molar-refractivity contribution in [2.24, 2.45) is 0 Å². The molecule has 2 rings (SSSR count). The topological polar surface area (TPSA) is 88.3 Å². The van der Waals surface area contributed by atoms with E-state index in [4.69, 9.17) is 4.52 Å². The van der Waals surface area contributed by atoms with Crippen LogP contribution in [-0.2, 0) is 16.6 Å². The summed E-state index contributed by atoms with van der Waals surface area (Å²) in [7, 11) is -0.499. The lowest BCUT2D eigenvalue weighted by atomic mass is 10.2. The molecule has 1 aromatic heterocycles. The van der Waals surface area contributed by atoms with E-state index in [-0.39, 0.29) is 6.54 Å². The van der Waals surface area contributed by atoms with E-state index >= 15 is 0 Å². The normalized spacial score (nSPS) is 11.9. The summed E-state index contributed by atoms with van der Waals surface area (Å²) in [5.41, 5.74) is 0.858. The molecule has 0 amide bonds. The van der Waals surface area contributed by atoms with Crippen LogP contribution in [0.25, 0.3) is 11.4 Å². The van der Waals surface area contributed by atoms with Crippen molar-refractivity contribution in [3.05, 3.63) is 36.2 Å². The molecule has 8 heteroatoms. The molecule has 0 saturated heterocycles. The van der Waals surface area contributed by atoms with Crippen molar-refractivity contribution in [2.45, 2.75) is 6.42 Å². The van der Waals surface area contributed by atoms with Gasteiger partial charge in [0.05, 0.1) is 0 Å². The zero-order valence-corrected chi connectivity index (χ0v) is 12.1. The molecule has 0 spiro atoms. The predicted octanol–water partition coefficient (Wildman–Crippen LogP) is 0.675. The van der Waals surface area contributed by atoms with Crippen LogP contribution < -0.4 is 4.72 Å². The Kier molecular flexibility index (Phi) is 4.48. The summed E-state index contributed by atoms with van der Waals surface area (Å²) in [5.74, 6) is 0.890. The minimum atomic E-state index is -3.42. The van der Waals surface area contributed by atoms with Gasteiger partial charge in [0, 0.05) is 32.6 Å². The van der Waals surface area contributed by atoms with Crippen LogP contribution in [0.15, 0.2) is 34.9 Å². The van der Waals surface area contributed by atoms with Crippen molar-refractivity contribution >= 4 is 10.2 Å². The van der Waals surface area contributed by atoms with Gasteiger partial charge in [-0.1, -0.05) is 35.5 Å². The second kappa shape index (κ2) is 6.12. The Balaban J connectivity index is 1.94. The van der Waals surface area contributed by atoms with Crippen LogP contribution in [0, 0.1) is 0 Å². The monoisotopic (exact) mass is 296 g/mol. The molecule has 0 bridgehead atoms. The van der Waals surface area contributed by atoms with Crippen molar-refractivity contribution in [3.8, 4) is 11.4 Å². The number of nitrogens with one attached hydrogen (secondary N) is 1. The van der Waals surface area contributed by atoms with Crippen molar-refractivity contribution in [3.63, 3.8) is 0 Å². The number of benzene rings is 1. The zero-order chi connectivity index (χ0) is 14.6. The average molecular weight is 296 g/mol. The maximum absolute atomic E-state index is 11.5. The molecule has 20 heavy (non-hydrogen) atoms. The molecular formula is C12H16N4O3S. The van der Waals surface area contributed by atoms with E-state index in [0.29, 0.717) is 18.1 Å². The van der Waals surface area contributed by atoms with Crippen LogP contribution >= 0.6 is 0 Å². The molecule has 0 aliphatic heterocycles. The van der Waals surface area contributed by atoms with Gasteiger partial charge in [-0.3, -0.25) is 0 Å². The third-order valence-electron chi connectivity index (χ3n) is 2.60. The summed E-state index contributed by atoms with van der Waals surface area (Å²) in [6.45, 7) is 0.205. The van der Waals surface area contributed by atoms with Crippen LogP contribution in [-0.4, -0.2) is 43.5 Å². The molecular weight excluding hydrogens is 280 g/mol. The van der Waals surface area contributed by atoms with Gasteiger partial charge in [-0.05, 0) is 0 Å². The lowest BCUT2D eigenvalue weighted by molar-refractivity contribution is 0.378. The molecule has 7 nitrogen and oxygen atoms in total. The molecule has 2 aromatic rings. The first-order valence-corrected chi connectivity index (χ1v) is 7.48. The van der Waals surface area contributed by atoms with Gasteiger partial charge in [-0.15, -0.1) is 0 Å². The van der Waals surface area contributed by atoms with Crippen LogP contribution in [0.5, 0.6) is 0 Å². The minimum Gasteiger partial charge on any atom is -0.339 e. The molecule has 0 unspecified atom stereocenters. The Hall–Kier alpha value is -1.77. The third kappa shape index (κ3) is 3.62. The molecule has 1 aromatic carbocycles. The molecule has 0 aliphatic rings. The fraction of sp³-hybridized carbons (Fsp3) is 0.333. The highest BCUT2D eigenvalue weighted by molar-refractivity contribution is 7.87. The van der Waals surface area contributed by atoms with Crippen molar-refractivity contribution < 1.29 is 12.9 Å². The van der Waals surface area contributed by atoms with Crippen LogP contribution in [0.4, 0.5) is 0 Å². The fourth-order valence-electron chi connectivity index (χ4n) is 1.48. The highest BCUT2D eigenvalue weighted by Gasteiger charge is 2.13. The summed E-state index contributed by atoms with van der Waals surface area (Å²) >= 11 is 0. The third-order valence-corrected chi connectivity index (χ3v) is 4.13. The average Bonchev–Trinajstić information content (AvgIpc) is 2.88. The van der Waals surface area contributed by atoms with Gasteiger partial charge in [0.25, 0.3) is 10.2 Å². The Morgan fingerprint density at radius 2 is 1.95 bits per heavy atom. The first-order chi connectivity index (χ1) is 9.49. The van der Waals surface area contributed by atoms with E-state index in [1.165, 1.54) is 14.1 Å². The van der Waals surface area contributed by atoms with Crippen LogP contribution in [0.1, 0.15) is 5.89 Å². The summed E-state index contributed by atoms with van der Waals surface area (Å²) in [6.07, 6.45) is 0.340. The van der Waals surface area contributed by atoms with E-state index in [9.17, 15) is 8.42 Å². The summed E-state index contributed by atoms with van der Waals surface area (Å²) in [6, 6.07) is 9.43. The fourth-order valence-corrected chi connectivity index (χ4v) is 2.10. The smallest absolute Gasteiger partial charge is 0.278 e. The molecule has 0 radical (unpaired) electrons. The Morgan fingerprint density at radius 1 is 1.25 bits per heavy atom. The molecule has 108 valence electrons. The van der Waals surface area contributed by atoms with E-state index in [2.05, 4.69) is 14.9 Å². The Bertz CT molecular complexity index is 652. The van der Waals surface area contributed by atoms with Crippen molar-refractivity contribution in [1.29, 1.82) is 0 Å². The largest absolute Gasteiger partial charge is 0.339 e. The zero-order valence-electron chi connectivity index (χ0n) is 11.3. The van der Waals surface area contributed by atoms with E-state index in [1.807, 2.05) is 30.3 Å². The lowest BCUT2D eigenvalue weighted by Crippen LogP contribution is -2.36. The van der Waals surface area contributed by atoms with E-state index in [1.54, 1.807) is 0 Å². The molecule has 1 heterocycles. The Morgan fingerprint density at radius 3 is 2.60 bits per heavy atom. The molecule has 0 aliphatic carbocycles. The van der Waals surface area contributed by atoms with Gasteiger partial charge < -0.3 is 4.52 Å². The summed E-state index contributed by atoms with van der Waals surface area (Å²) in [4.78, 5) is 4.22. The van der Waals surface area contributed by atoms with Crippen molar-refractivity contribution in [2.75, 3.05) is 20.6 Å². The van der Waals surface area contributed by atoms with E-state index < -0.39 is 10.2 Å². The second-order valence-corrected chi connectivity index (χ2v) is 6.28. The SMILES string of the molecule is CN(C)S(=O)(=O)NCCc1nc(-c2ccccc2)no1. The number of rotatable bonds is 6. The molecule has 0 saturated carbocycles. The second-order valence-electron chi connectivity index (χ2n) is 4.31. The van der Waals surface area contributed by atoms with Crippen LogP contribution in [0.2, 0.25) is 0 Å². The van der Waals surface area contributed by atoms with Gasteiger partial charge in [-0.2, -0.15) is 17.7 Å². The first-order valence-electron chi connectivity index (χ1n) is 6.04. The number of hydrogen-bond acceptors (Lipinski definition) is 5. The lowest BCUT2D eigenvalue weighted by Gasteiger charge is -2.11. The van der Waals surface area contributed by atoms with Gasteiger partial charge in [0.2, 0.25) is 11.7 Å². The first kappa shape index (κ1) is 14.6. The number of aromatic nitrogens is 2. The highest BCUT2D eigenvalue weighted by atomic mass is 32.2. The van der Waals surface area contributed by atoms with E-state index in [0.717, 1.165) is 9.87 Å². The molecule has 0 fully saturated rings. The van der Waals surface area contributed by atoms with Crippen LogP contribution in [0.3, 0.4) is 0 Å². The quantitative estimate of drug-likeness (QED) is 0.846. The standard InChI is InChI=1S/C12H16N4O3S/c1-16(2)20(17,18)13-9-8-11-14-12(15-19-11)10-6-4-3-5-7-10/h3-7,13H,8-9H2,1-2H3. The van der Waals surface area contributed by atoms with Gasteiger partial charge >= 0.3 is 0 Å². The predicted molar refractivity (Wildman–Crippen MR) is 74.0 cm³/mol. The number of hydrogen-bond donors (Lipinski definition) is 1. The minimum absolute atomic E-state index is 0.205. The highest BCUT2D eigenvalue weighted by Crippen LogP contribution is 2.14. The maximum atomic E-state index is 11.5. The molecule has 1 N–H and O–H groups in total.